The molecule has 1 unspecified atom stereocenters. The molecular weight excluding hydrogens is 329 g/mol. The van der Waals surface area contributed by atoms with E-state index in [-0.39, 0.29) is 17.8 Å². The predicted octanol–water partition coefficient (Wildman–Crippen LogP) is 2.75. The quantitative estimate of drug-likeness (QED) is 0.922. The van der Waals surface area contributed by atoms with Crippen LogP contribution in [0, 0.1) is 5.82 Å². The molecule has 1 atom stereocenters. The fraction of sp³-hybridized carbons (Fsp3) is 0.381. The largest absolute Gasteiger partial charge is 0.314 e. The van der Waals surface area contributed by atoms with Gasteiger partial charge in [-0.2, -0.15) is 0 Å². The average Bonchev–Trinajstić information content (AvgIpc) is 2.68. The van der Waals surface area contributed by atoms with Gasteiger partial charge >= 0.3 is 0 Å². The topological polar surface area (TPSA) is 35.6 Å². The van der Waals surface area contributed by atoms with Crippen LogP contribution in [0.3, 0.4) is 0 Å². The van der Waals surface area contributed by atoms with Gasteiger partial charge in [0.15, 0.2) is 0 Å². The van der Waals surface area contributed by atoms with E-state index in [1.807, 2.05) is 29.2 Å². The highest BCUT2D eigenvalue weighted by atomic mass is 19.1. The summed E-state index contributed by atoms with van der Waals surface area (Å²) in [6.45, 7) is 3.48. The monoisotopic (exact) mass is 353 g/mol. The van der Waals surface area contributed by atoms with E-state index < -0.39 is 0 Å². The number of fused-ring (bicyclic) bond motifs is 1. The summed E-state index contributed by atoms with van der Waals surface area (Å²) in [5.74, 6) is -0.107. The highest BCUT2D eigenvalue weighted by Gasteiger charge is 2.29. The lowest BCUT2D eigenvalue weighted by molar-refractivity contribution is -0.120. The Morgan fingerprint density at radius 1 is 1.15 bits per heavy atom. The van der Waals surface area contributed by atoms with Crippen LogP contribution in [-0.4, -0.2) is 43.5 Å². The molecule has 2 aliphatic rings. The predicted molar refractivity (Wildman–Crippen MR) is 101 cm³/mol. The lowest BCUT2D eigenvalue weighted by Gasteiger charge is -2.38. The van der Waals surface area contributed by atoms with E-state index in [4.69, 9.17) is 0 Å². The fourth-order valence-corrected chi connectivity index (χ4v) is 4.03. The second-order valence-electron chi connectivity index (χ2n) is 7.02. The number of nitrogens with zero attached hydrogens (tertiary/aromatic N) is 2. The molecule has 26 heavy (non-hydrogen) atoms. The maximum Gasteiger partial charge on any atom is 0.241 e. The number of benzene rings is 2. The molecule has 1 N–H and O–H groups in total. The van der Waals surface area contributed by atoms with Gasteiger partial charge in [-0.05, 0) is 42.2 Å². The smallest absolute Gasteiger partial charge is 0.241 e. The van der Waals surface area contributed by atoms with Gasteiger partial charge in [0.1, 0.15) is 5.82 Å². The van der Waals surface area contributed by atoms with Gasteiger partial charge in [-0.3, -0.25) is 9.69 Å². The van der Waals surface area contributed by atoms with Gasteiger partial charge in [-0.1, -0.05) is 30.3 Å². The van der Waals surface area contributed by atoms with Crippen LogP contribution in [0.15, 0.2) is 48.5 Å². The molecule has 1 amide bonds. The highest BCUT2D eigenvalue weighted by Crippen LogP contribution is 2.28. The first-order valence-corrected chi connectivity index (χ1v) is 9.31. The van der Waals surface area contributed by atoms with Gasteiger partial charge in [0, 0.05) is 37.9 Å². The summed E-state index contributed by atoms with van der Waals surface area (Å²) in [4.78, 5) is 17.2. The zero-order chi connectivity index (χ0) is 17.9. The second-order valence-corrected chi connectivity index (χ2v) is 7.02. The van der Waals surface area contributed by atoms with E-state index >= 15 is 0 Å². The number of para-hydroxylation sites is 1. The van der Waals surface area contributed by atoms with Gasteiger partial charge in [0.25, 0.3) is 0 Å². The third-order valence-corrected chi connectivity index (χ3v) is 5.34. The van der Waals surface area contributed by atoms with E-state index in [0.717, 1.165) is 50.3 Å². The van der Waals surface area contributed by atoms with E-state index in [2.05, 4.69) is 16.3 Å². The Labute approximate surface area is 153 Å². The Morgan fingerprint density at radius 2 is 2.04 bits per heavy atom. The number of hydrogen-bond donors (Lipinski definition) is 1. The van der Waals surface area contributed by atoms with Crippen LogP contribution in [0.25, 0.3) is 0 Å². The zero-order valence-electron chi connectivity index (χ0n) is 14.8. The number of aryl methyl sites for hydroxylation is 1. The summed E-state index contributed by atoms with van der Waals surface area (Å²) in [6, 6.07) is 14.9. The third kappa shape index (κ3) is 3.50. The van der Waals surface area contributed by atoms with E-state index in [1.54, 1.807) is 12.1 Å². The average molecular weight is 353 g/mol. The number of carbonyl (C=O) groups excluding carboxylic acids is 1. The van der Waals surface area contributed by atoms with E-state index in [1.165, 1.54) is 11.6 Å². The minimum Gasteiger partial charge on any atom is -0.314 e. The van der Waals surface area contributed by atoms with E-state index in [0.29, 0.717) is 6.54 Å². The molecule has 0 saturated carbocycles. The van der Waals surface area contributed by atoms with Crippen molar-refractivity contribution in [2.45, 2.75) is 18.9 Å². The first-order chi connectivity index (χ1) is 12.7. The van der Waals surface area contributed by atoms with Crippen molar-refractivity contribution in [3.05, 3.63) is 65.5 Å². The fourth-order valence-electron chi connectivity index (χ4n) is 4.03. The molecule has 1 saturated heterocycles. The van der Waals surface area contributed by atoms with Crippen LogP contribution in [-0.2, 0) is 11.2 Å². The number of anilines is 1. The van der Waals surface area contributed by atoms with Crippen molar-refractivity contribution in [2.24, 2.45) is 0 Å². The summed E-state index contributed by atoms with van der Waals surface area (Å²) in [7, 11) is 0. The third-order valence-electron chi connectivity index (χ3n) is 5.34. The molecule has 4 nitrogen and oxygen atoms in total. The van der Waals surface area contributed by atoms with Crippen molar-refractivity contribution in [3.63, 3.8) is 0 Å². The van der Waals surface area contributed by atoms with Crippen LogP contribution < -0.4 is 10.2 Å². The number of hydrogen-bond acceptors (Lipinski definition) is 3. The molecule has 0 spiro atoms. The van der Waals surface area contributed by atoms with Crippen molar-refractivity contribution >= 4 is 11.6 Å². The Kier molecular flexibility index (Phi) is 5.00. The van der Waals surface area contributed by atoms with Crippen molar-refractivity contribution in [2.75, 3.05) is 37.6 Å². The van der Waals surface area contributed by atoms with Crippen LogP contribution in [0.5, 0.6) is 0 Å². The summed E-state index contributed by atoms with van der Waals surface area (Å²) >= 11 is 0. The van der Waals surface area contributed by atoms with Crippen LogP contribution in [0.2, 0.25) is 0 Å². The first-order valence-electron chi connectivity index (χ1n) is 9.31. The van der Waals surface area contributed by atoms with E-state index in [9.17, 15) is 9.18 Å². The van der Waals surface area contributed by atoms with Gasteiger partial charge in [0.05, 0.1) is 6.54 Å². The summed E-state index contributed by atoms with van der Waals surface area (Å²) in [5.41, 5.74) is 3.21. The second kappa shape index (κ2) is 7.56. The molecular formula is C21H24FN3O. The number of amides is 1. The van der Waals surface area contributed by atoms with Crippen LogP contribution in [0.4, 0.5) is 10.1 Å². The number of nitrogens with one attached hydrogen (secondary N) is 1. The minimum atomic E-state index is -0.232. The van der Waals surface area contributed by atoms with Gasteiger partial charge in [-0.25, -0.2) is 4.39 Å². The Hall–Kier alpha value is -2.24. The van der Waals surface area contributed by atoms with Crippen molar-refractivity contribution in [1.29, 1.82) is 0 Å². The molecule has 0 aliphatic carbocycles. The minimum absolute atomic E-state index is 0.0171. The summed E-state index contributed by atoms with van der Waals surface area (Å²) in [6.07, 6.45) is 2.02. The zero-order valence-corrected chi connectivity index (χ0v) is 14.8. The van der Waals surface area contributed by atoms with Gasteiger partial charge < -0.3 is 10.2 Å². The Bertz CT molecular complexity index is 794. The molecule has 4 rings (SSSR count). The molecule has 0 aromatic heterocycles. The molecule has 5 heteroatoms. The SMILES string of the molecule is O=C(CN1CCNCC1c1cccc(F)c1)N1CCCc2ccccc21. The maximum absolute atomic E-state index is 13.7. The standard InChI is InChI=1S/C21H24FN3O/c22-18-8-3-6-17(13-18)20-14-23-10-12-24(20)15-21(26)25-11-4-7-16-5-1-2-9-19(16)25/h1-3,5-6,8-9,13,20,23H,4,7,10-12,14-15H2. The Balaban J connectivity index is 1.53. The number of piperazine rings is 1. The molecule has 2 aliphatic heterocycles. The highest BCUT2D eigenvalue weighted by molar-refractivity contribution is 5.96. The molecule has 1 fully saturated rings. The number of rotatable bonds is 3. The first kappa shape index (κ1) is 17.2. The lowest BCUT2D eigenvalue weighted by Crippen LogP contribution is -2.50. The van der Waals surface area contributed by atoms with Crippen molar-refractivity contribution in [1.82, 2.24) is 10.2 Å². The van der Waals surface area contributed by atoms with Crippen LogP contribution in [0.1, 0.15) is 23.6 Å². The van der Waals surface area contributed by atoms with Gasteiger partial charge in [0.2, 0.25) is 5.91 Å². The lowest BCUT2D eigenvalue weighted by atomic mass is 10.0. The van der Waals surface area contributed by atoms with Gasteiger partial charge in [-0.15, -0.1) is 0 Å². The summed E-state index contributed by atoms with van der Waals surface area (Å²) in [5, 5.41) is 3.36. The molecule has 0 radical (unpaired) electrons. The molecule has 2 aromatic rings. The number of halogens is 1. The molecule has 2 heterocycles. The van der Waals surface area contributed by atoms with Crippen molar-refractivity contribution in [3.8, 4) is 0 Å². The maximum atomic E-state index is 13.7. The normalized spacial score (nSPS) is 20.7. The molecule has 2 aromatic carbocycles. The van der Waals surface area contributed by atoms with Crippen LogP contribution >= 0.6 is 0 Å². The van der Waals surface area contributed by atoms with Crippen molar-refractivity contribution < 1.29 is 9.18 Å². The number of carbonyl (C=O) groups is 1. The summed E-state index contributed by atoms with van der Waals surface area (Å²) < 4.78 is 13.7. The molecule has 136 valence electrons. The Morgan fingerprint density at radius 3 is 2.92 bits per heavy atom. The molecule has 0 bridgehead atoms.